The van der Waals surface area contributed by atoms with Crippen LogP contribution in [-0.2, 0) is 5.54 Å². The van der Waals surface area contributed by atoms with Crippen molar-refractivity contribution < 1.29 is 9.53 Å². The maximum atomic E-state index is 12.9. The predicted molar refractivity (Wildman–Crippen MR) is 115 cm³/mol. The summed E-state index contributed by atoms with van der Waals surface area (Å²) in [5.74, 6) is 0.629. The summed E-state index contributed by atoms with van der Waals surface area (Å²) in [5, 5.41) is 7.48. The Kier molecular flexibility index (Phi) is 5.49. The van der Waals surface area contributed by atoms with Crippen molar-refractivity contribution in [3.8, 4) is 5.75 Å². The molecule has 2 aliphatic rings. The molecule has 2 fully saturated rings. The molecule has 0 radical (unpaired) electrons. The minimum atomic E-state index is -0.296. The van der Waals surface area contributed by atoms with Crippen molar-refractivity contribution in [3.63, 3.8) is 0 Å². The summed E-state index contributed by atoms with van der Waals surface area (Å²) >= 11 is 0. The molecule has 1 saturated carbocycles. The molecule has 1 aliphatic carbocycles. The molecule has 1 aromatic heterocycles. The molecule has 5 heteroatoms. The second-order valence-electron chi connectivity index (χ2n) is 7.70. The van der Waals surface area contributed by atoms with Gasteiger partial charge in [-0.15, -0.1) is 0 Å². The number of fused-ring (bicyclic) bond motifs is 1. The van der Waals surface area contributed by atoms with Gasteiger partial charge in [0.25, 0.3) is 5.91 Å². The van der Waals surface area contributed by atoms with E-state index < -0.39 is 0 Å². The molecule has 150 valence electrons. The monoisotopic (exact) mass is 389 g/mol. The SMILES string of the molecule is C1CNC1.COc1ccc(C)c(C(=O)NC2(c3cccc4ncccc34)CC2)c1. The number of carbonyl (C=O) groups is 1. The Morgan fingerprint density at radius 1 is 1.14 bits per heavy atom. The Bertz CT molecular complexity index is 1010. The third-order valence-corrected chi connectivity index (χ3v) is 5.66. The average molecular weight is 389 g/mol. The van der Waals surface area contributed by atoms with E-state index in [0.29, 0.717) is 11.3 Å². The molecule has 5 nitrogen and oxygen atoms in total. The summed E-state index contributed by atoms with van der Waals surface area (Å²) in [6, 6.07) is 15.7. The molecule has 0 bridgehead atoms. The molecule has 0 unspecified atom stereocenters. The number of carbonyl (C=O) groups excluding carboxylic acids is 1. The lowest BCUT2D eigenvalue weighted by atomic mass is 9.98. The Balaban J connectivity index is 0.000000458. The third kappa shape index (κ3) is 4.10. The maximum absolute atomic E-state index is 12.9. The van der Waals surface area contributed by atoms with E-state index in [4.69, 9.17) is 4.74 Å². The summed E-state index contributed by atoms with van der Waals surface area (Å²) in [5.41, 5.74) is 3.40. The van der Waals surface area contributed by atoms with Crippen LogP contribution in [0.1, 0.15) is 40.7 Å². The van der Waals surface area contributed by atoms with Gasteiger partial charge in [-0.2, -0.15) is 0 Å². The van der Waals surface area contributed by atoms with Crippen molar-refractivity contribution in [2.75, 3.05) is 20.2 Å². The second kappa shape index (κ2) is 8.21. The van der Waals surface area contributed by atoms with Gasteiger partial charge in [-0.3, -0.25) is 9.78 Å². The van der Waals surface area contributed by atoms with Crippen molar-refractivity contribution in [3.05, 3.63) is 71.4 Å². The van der Waals surface area contributed by atoms with E-state index >= 15 is 0 Å². The number of ether oxygens (including phenoxy) is 1. The lowest BCUT2D eigenvalue weighted by molar-refractivity contribution is 0.0930. The van der Waals surface area contributed by atoms with E-state index in [1.54, 1.807) is 19.4 Å². The Morgan fingerprint density at radius 2 is 1.90 bits per heavy atom. The first kappa shape index (κ1) is 19.4. The van der Waals surface area contributed by atoms with Crippen LogP contribution >= 0.6 is 0 Å². The highest BCUT2D eigenvalue weighted by Crippen LogP contribution is 2.48. The van der Waals surface area contributed by atoms with Crippen LogP contribution in [0.4, 0.5) is 0 Å². The van der Waals surface area contributed by atoms with Gasteiger partial charge in [0, 0.05) is 17.1 Å². The van der Waals surface area contributed by atoms with Gasteiger partial charge in [0.1, 0.15) is 5.75 Å². The molecule has 1 aliphatic heterocycles. The Morgan fingerprint density at radius 3 is 2.55 bits per heavy atom. The fourth-order valence-electron chi connectivity index (χ4n) is 3.54. The number of hydrogen-bond donors (Lipinski definition) is 2. The lowest BCUT2D eigenvalue weighted by Gasteiger charge is -2.20. The first-order valence-electron chi connectivity index (χ1n) is 10.1. The summed E-state index contributed by atoms with van der Waals surface area (Å²) in [7, 11) is 1.61. The van der Waals surface area contributed by atoms with Crippen molar-refractivity contribution in [2.45, 2.75) is 31.7 Å². The molecule has 5 rings (SSSR count). The molecule has 2 aromatic carbocycles. The number of rotatable bonds is 4. The zero-order valence-electron chi connectivity index (χ0n) is 17.0. The number of benzene rings is 2. The molecule has 1 amide bonds. The Labute approximate surface area is 171 Å². The molecule has 29 heavy (non-hydrogen) atoms. The third-order valence-electron chi connectivity index (χ3n) is 5.66. The molecule has 3 aromatic rings. The molecule has 1 saturated heterocycles. The van der Waals surface area contributed by atoms with E-state index in [1.807, 2.05) is 37.3 Å². The molecule has 2 N–H and O–H groups in total. The van der Waals surface area contributed by atoms with Gasteiger partial charge in [-0.05, 0) is 74.7 Å². The lowest BCUT2D eigenvalue weighted by Crippen LogP contribution is -2.35. The minimum Gasteiger partial charge on any atom is -0.497 e. The van der Waals surface area contributed by atoms with Crippen molar-refractivity contribution in [1.82, 2.24) is 15.6 Å². The molecule has 0 atom stereocenters. The standard InChI is InChI=1S/C21H20N2O2.C3H7N/c1-14-8-9-15(25-2)13-17(14)20(24)23-21(10-11-21)18-6-3-7-19-16(18)5-4-12-22-19;1-2-4-3-1/h3-9,12-13H,10-11H2,1-2H3,(H,23,24);4H,1-3H2. The quantitative estimate of drug-likeness (QED) is 0.709. The van der Waals surface area contributed by atoms with Gasteiger partial charge in [0.05, 0.1) is 18.2 Å². The van der Waals surface area contributed by atoms with Crippen LogP contribution in [0.25, 0.3) is 10.9 Å². The van der Waals surface area contributed by atoms with Gasteiger partial charge in [-0.25, -0.2) is 0 Å². The summed E-state index contributed by atoms with van der Waals surface area (Å²) in [6.07, 6.45) is 5.06. The van der Waals surface area contributed by atoms with E-state index in [9.17, 15) is 4.79 Å². The fourth-order valence-corrected chi connectivity index (χ4v) is 3.54. The smallest absolute Gasteiger partial charge is 0.252 e. The van der Waals surface area contributed by atoms with Crippen LogP contribution in [0.5, 0.6) is 5.75 Å². The molecule has 0 spiro atoms. The predicted octanol–water partition coefficient (Wildman–Crippen LogP) is 3.95. The molecular weight excluding hydrogens is 362 g/mol. The number of nitrogens with zero attached hydrogens (tertiary/aromatic N) is 1. The normalized spacial score (nSPS) is 16.2. The number of aryl methyl sites for hydroxylation is 1. The zero-order chi connectivity index (χ0) is 20.3. The zero-order valence-corrected chi connectivity index (χ0v) is 17.0. The van der Waals surface area contributed by atoms with Crippen LogP contribution in [-0.4, -0.2) is 31.1 Å². The van der Waals surface area contributed by atoms with E-state index in [1.165, 1.54) is 19.5 Å². The summed E-state index contributed by atoms with van der Waals surface area (Å²) in [6.45, 7) is 4.44. The van der Waals surface area contributed by atoms with Crippen LogP contribution < -0.4 is 15.4 Å². The summed E-state index contributed by atoms with van der Waals surface area (Å²) < 4.78 is 5.26. The fraction of sp³-hybridized carbons (Fsp3) is 0.333. The average Bonchev–Trinajstić information content (AvgIpc) is 3.47. The summed E-state index contributed by atoms with van der Waals surface area (Å²) in [4.78, 5) is 17.3. The van der Waals surface area contributed by atoms with Crippen LogP contribution in [0.2, 0.25) is 0 Å². The minimum absolute atomic E-state index is 0.0604. The number of methoxy groups -OCH3 is 1. The topological polar surface area (TPSA) is 63.2 Å². The molecule has 2 heterocycles. The van der Waals surface area contributed by atoms with Gasteiger partial charge < -0.3 is 15.4 Å². The highest BCUT2D eigenvalue weighted by Gasteiger charge is 2.46. The van der Waals surface area contributed by atoms with Crippen molar-refractivity contribution in [1.29, 1.82) is 0 Å². The van der Waals surface area contributed by atoms with Crippen molar-refractivity contribution >= 4 is 16.8 Å². The number of aromatic nitrogens is 1. The molecular formula is C24H27N3O2. The largest absolute Gasteiger partial charge is 0.497 e. The van der Waals surface area contributed by atoms with Crippen molar-refractivity contribution in [2.24, 2.45) is 0 Å². The van der Waals surface area contributed by atoms with Gasteiger partial charge in [0.15, 0.2) is 0 Å². The highest BCUT2D eigenvalue weighted by molar-refractivity contribution is 5.97. The number of amides is 1. The first-order chi connectivity index (χ1) is 14.1. The number of nitrogens with one attached hydrogen (secondary N) is 2. The highest BCUT2D eigenvalue weighted by atomic mass is 16.5. The van der Waals surface area contributed by atoms with Crippen LogP contribution in [0.15, 0.2) is 54.7 Å². The second-order valence-corrected chi connectivity index (χ2v) is 7.70. The van der Waals surface area contributed by atoms with Gasteiger partial charge in [-0.1, -0.05) is 24.3 Å². The van der Waals surface area contributed by atoms with E-state index in [0.717, 1.165) is 34.9 Å². The van der Waals surface area contributed by atoms with E-state index in [-0.39, 0.29) is 11.4 Å². The van der Waals surface area contributed by atoms with Crippen LogP contribution in [0.3, 0.4) is 0 Å². The number of pyridine rings is 1. The Hall–Kier alpha value is -2.92. The maximum Gasteiger partial charge on any atom is 0.252 e. The van der Waals surface area contributed by atoms with Crippen LogP contribution in [0, 0.1) is 6.92 Å². The van der Waals surface area contributed by atoms with Gasteiger partial charge >= 0.3 is 0 Å². The van der Waals surface area contributed by atoms with E-state index in [2.05, 4.69) is 27.8 Å². The first-order valence-corrected chi connectivity index (χ1v) is 10.1. The van der Waals surface area contributed by atoms with Gasteiger partial charge in [0.2, 0.25) is 0 Å². The number of hydrogen-bond acceptors (Lipinski definition) is 4.